The summed E-state index contributed by atoms with van der Waals surface area (Å²) >= 11 is 0. The zero-order valence-corrected chi connectivity index (χ0v) is 17.0. The average molecular weight is 423 g/mol. The lowest BCUT2D eigenvalue weighted by atomic mass is 9.78. The maximum atomic E-state index is 13.5. The van der Waals surface area contributed by atoms with E-state index >= 15 is 0 Å². The number of aromatic nitrogens is 3. The SMILES string of the molecule is Cc1nc(N2C[C@@H]3C[C@H](C2)[C@H](C(=O)NCc2cccc(F)c2)n2c3cccc2=O)no1. The van der Waals surface area contributed by atoms with Gasteiger partial charge in [-0.25, -0.2) is 4.39 Å². The van der Waals surface area contributed by atoms with Gasteiger partial charge in [-0.15, -0.1) is 0 Å². The lowest BCUT2D eigenvalue weighted by Crippen LogP contribution is -2.53. The third kappa shape index (κ3) is 3.60. The number of nitrogens with zero attached hydrogens (tertiary/aromatic N) is 4. The molecule has 8 nitrogen and oxygen atoms in total. The van der Waals surface area contributed by atoms with Gasteiger partial charge in [0.25, 0.3) is 11.5 Å². The van der Waals surface area contributed by atoms with E-state index in [1.54, 1.807) is 29.7 Å². The van der Waals surface area contributed by atoms with Crippen LogP contribution in [0.15, 0.2) is 51.8 Å². The highest BCUT2D eigenvalue weighted by Crippen LogP contribution is 2.41. The van der Waals surface area contributed by atoms with Crippen LogP contribution >= 0.6 is 0 Å². The fraction of sp³-hybridized carbons (Fsp3) is 0.364. The number of rotatable bonds is 4. The Kier molecular flexibility index (Phi) is 4.80. The molecule has 2 aromatic heterocycles. The minimum absolute atomic E-state index is 0.0822. The number of amides is 1. The van der Waals surface area contributed by atoms with Crippen molar-refractivity contribution in [1.29, 1.82) is 0 Å². The number of hydrogen-bond donors (Lipinski definition) is 1. The topological polar surface area (TPSA) is 93.3 Å². The molecule has 0 aliphatic carbocycles. The molecule has 1 saturated heterocycles. The van der Waals surface area contributed by atoms with Crippen molar-refractivity contribution in [2.45, 2.75) is 31.8 Å². The first-order valence-corrected chi connectivity index (χ1v) is 10.3. The fourth-order valence-electron chi connectivity index (χ4n) is 4.79. The molecule has 0 radical (unpaired) electrons. The van der Waals surface area contributed by atoms with Crippen molar-refractivity contribution in [3.63, 3.8) is 0 Å². The summed E-state index contributed by atoms with van der Waals surface area (Å²) < 4.78 is 20.2. The molecule has 1 aromatic carbocycles. The number of benzene rings is 1. The van der Waals surface area contributed by atoms with Crippen LogP contribution < -0.4 is 15.8 Å². The number of aryl methyl sites for hydroxylation is 1. The van der Waals surface area contributed by atoms with Gasteiger partial charge in [-0.1, -0.05) is 18.2 Å². The maximum absolute atomic E-state index is 13.5. The number of carbonyl (C=O) groups excluding carboxylic acids is 1. The monoisotopic (exact) mass is 423 g/mol. The van der Waals surface area contributed by atoms with Crippen LogP contribution in [0.2, 0.25) is 0 Å². The van der Waals surface area contributed by atoms with Crippen molar-refractivity contribution in [2.24, 2.45) is 5.92 Å². The minimum atomic E-state index is -0.663. The number of nitrogens with one attached hydrogen (secondary N) is 1. The molecule has 2 aliphatic rings. The van der Waals surface area contributed by atoms with Gasteiger partial charge >= 0.3 is 0 Å². The van der Waals surface area contributed by atoms with Gasteiger partial charge in [0.05, 0.1) is 0 Å². The number of pyridine rings is 1. The van der Waals surface area contributed by atoms with Gasteiger partial charge in [0.2, 0.25) is 11.8 Å². The zero-order chi connectivity index (χ0) is 21.5. The van der Waals surface area contributed by atoms with Crippen molar-refractivity contribution in [2.75, 3.05) is 18.0 Å². The predicted molar refractivity (Wildman–Crippen MR) is 110 cm³/mol. The molecule has 1 fully saturated rings. The van der Waals surface area contributed by atoms with E-state index in [1.807, 2.05) is 11.0 Å². The molecule has 160 valence electrons. The Labute approximate surface area is 177 Å². The summed E-state index contributed by atoms with van der Waals surface area (Å²) in [5, 5.41) is 6.92. The number of anilines is 1. The number of hydrogen-bond acceptors (Lipinski definition) is 6. The van der Waals surface area contributed by atoms with Crippen LogP contribution in [-0.2, 0) is 11.3 Å². The molecule has 1 amide bonds. The van der Waals surface area contributed by atoms with Gasteiger partial charge in [0, 0.05) is 50.2 Å². The van der Waals surface area contributed by atoms with Gasteiger partial charge in [-0.3, -0.25) is 14.2 Å². The third-order valence-electron chi connectivity index (χ3n) is 6.07. The molecule has 3 atom stereocenters. The summed E-state index contributed by atoms with van der Waals surface area (Å²) in [6.45, 7) is 3.11. The zero-order valence-electron chi connectivity index (χ0n) is 17.0. The van der Waals surface area contributed by atoms with Crippen LogP contribution in [0.1, 0.15) is 35.5 Å². The molecule has 1 N–H and O–H groups in total. The van der Waals surface area contributed by atoms with Crippen molar-refractivity contribution >= 4 is 11.9 Å². The number of piperidine rings is 1. The Balaban J connectivity index is 1.46. The van der Waals surface area contributed by atoms with E-state index in [2.05, 4.69) is 15.5 Å². The van der Waals surface area contributed by atoms with Crippen LogP contribution in [0.3, 0.4) is 0 Å². The lowest BCUT2D eigenvalue weighted by molar-refractivity contribution is -0.127. The summed E-state index contributed by atoms with van der Waals surface area (Å²) in [5.41, 5.74) is 1.30. The van der Waals surface area contributed by atoms with Gasteiger partial charge in [0.15, 0.2) is 0 Å². The van der Waals surface area contributed by atoms with Crippen LogP contribution in [0.25, 0.3) is 0 Å². The smallest absolute Gasteiger partial charge is 0.266 e. The van der Waals surface area contributed by atoms with E-state index in [0.29, 0.717) is 30.5 Å². The summed E-state index contributed by atoms with van der Waals surface area (Å²) in [6.07, 6.45) is 0.787. The van der Waals surface area contributed by atoms with Crippen molar-refractivity contribution in [3.05, 3.63) is 75.8 Å². The van der Waals surface area contributed by atoms with E-state index in [-0.39, 0.29) is 35.7 Å². The van der Waals surface area contributed by atoms with Crippen molar-refractivity contribution < 1.29 is 13.7 Å². The first-order valence-electron chi connectivity index (χ1n) is 10.3. The van der Waals surface area contributed by atoms with E-state index in [1.165, 1.54) is 18.2 Å². The molecule has 31 heavy (non-hydrogen) atoms. The van der Waals surface area contributed by atoms with E-state index in [0.717, 1.165) is 12.1 Å². The van der Waals surface area contributed by atoms with Gasteiger partial charge in [-0.2, -0.15) is 4.98 Å². The first-order chi connectivity index (χ1) is 15.0. The quantitative estimate of drug-likeness (QED) is 0.691. The van der Waals surface area contributed by atoms with Gasteiger partial charge in [0.1, 0.15) is 11.9 Å². The molecule has 2 bridgehead atoms. The van der Waals surface area contributed by atoms with E-state index < -0.39 is 6.04 Å². The Hall–Kier alpha value is -3.49. The molecular weight excluding hydrogens is 401 g/mol. The molecular formula is C22H22FN5O3. The Morgan fingerprint density at radius 3 is 2.87 bits per heavy atom. The van der Waals surface area contributed by atoms with Crippen molar-refractivity contribution in [3.8, 4) is 0 Å². The van der Waals surface area contributed by atoms with Gasteiger partial charge < -0.3 is 14.7 Å². The second-order valence-electron chi connectivity index (χ2n) is 8.16. The molecule has 4 heterocycles. The fourth-order valence-corrected chi connectivity index (χ4v) is 4.79. The second kappa shape index (κ2) is 7.64. The molecule has 2 aliphatic heterocycles. The number of halogens is 1. The molecule has 0 unspecified atom stereocenters. The largest absolute Gasteiger partial charge is 0.350 e. The minimum Gasteiger partial charge on any atom is -0.350 e. The van der Waals surface area contributed by atoms with Crippen LogP contribution in [0.4, 0.5) is 10.3 Å². The van der Waals surface area contributed by atoms with Crippen LogP contribution in [0.5, 0.6) is 0 Å². The Morgan fingerprint density at radius 1 is 1.26 bits per heavy atom. The van der Waals surface area contributed by atoms with Crippen LogP contribution in [0, 0.1) is 18.7 Å². The summed E-state index contributed by atoms with van der Waals surface area (Å²) in [7, 11) is 0. The average Bonchev–Trinajstić information content (AvgIpc) is 3.19. The Morgan fingerprint density at radius 2 is 2.10 bits per heavy atom. The van der Waals surface area contributed by atoms with E-state index in [9.17, 15) is 14.0 Å². The van der Waals surface area contributed by atoms with Gasteiger partial charge in [-0.05, 0) is 35.3 Å². The summed E-state index contributed by atoms with van der Waals surface area (Å²) in [4.78, 5) is 32.4. The number of fused-ring (bicyclic) bond motifs is 4. The van der Waals surface area contributed by atoms with E-state index in [4.69, 9.17) is 4.52 Å². The molecule has 0 spiro atoms. The number of carbonyl (C=O) groups is 1. The van der Waals surface area contributed by atoms with Crippen molar-refractivity contribution in [1.82, 2.24) is 20.0 Å². The molecule has 0 saturated carbocycles. The first kappa shape index (κ1) is 19.5. The standard InChI is InChI=1S/C22H22FN5O3/c1-13-25-22(26-31-13)27-11-15-9-16(12-27)20(28-18(15)6-3-7-19(28)29)21(30)24-10-14-4-2-5-17(23)8-14/h2-8,15-16,20H,9-12H2,1H3,(H,24,30)/t15-,16+,20+/m0/s1. The predicted octanol–water partition coefficient (Wildman–Crippen LogP) is 2.16. The molecule has 5 rings (SSSR count). The molecule has 3 aromatic rings. The molecule has 9 heteroatoms. The third-order valence-corrected chi connectivity index (χ3v) is 6.07. The maximum Gasteiger partial charge on any atom is 0.266 e. The summed E-state index contributed by atoms with van der Waals surface area (Å²) in [5.74, 6) is 0.349. The van der Waals surface area contributed by atoms with Crippen LogP contribution in [-0.4, -0.2) is 33.7 Å². The second-order valence-corrected chi connectivity index (χ2v) is 8.16. The highest BCUT2D eigenvalue weighted by molar-refractivity contribution is 5.81. The highest BCUT2D eigenvalue weighted by atomic mass is 19.1. The highest BCUT2D eigenvalue weighted by Gasteiger charge is 2.44. The normalized spacial score (nSPS) is 22.1. The lowest BCUT2D eigenvalue weighted by Gasteiger charge is -2.45. The Bertz CT molecular complexity index is 1190. The summed E-state index contributed by atoms with van der Waals surface area (Å²) in [6, 6.07) is 10.6.